The summed E-state index contributed by atoms with van der Waals surface area (Å²) in [5.74, 6) is -0.901. The molecule has 2 atom stereocenters. The fourth-order valence-corrected chi connectivity index (χ4v) is 3.48. The first kappa shape index (κ1) is 21.6. The predicted molar refractivity (Wildman–Crippen MR) is 117 cm³/mol. The van der Waals surface area contributed by atoms with Gasteiger partial charge in [-0.15, -0.1) is 5.10 Å². The molecule has 2 unspecified atom stereocenters. The van der Waals surface area contributed by atoms with Crippen molar-refractivity contribution in [1.82, 2.24) is 14.8 Å². The van der Waals surface area contributed by atoms with Crippen LogP contribution in [0.5, 0.6) is 0 Å². The Bertz CT molecular complexity index is 1100. The number of benzene rings is 1. The van der Waals surface area contributed by atoms with Crippen molar-refractivity contribution in [3.05, 3.63) is 66.6 Å². The van der Waals surface area contributed by atoms with Crippen LogP contribution in [0.15, 0.2) is 61.1 Å². The van der Waals surface area contributed by atoms with E-state index in [2.05, 4.69) is 15.4 Å². The van der Waals surface area contributed by atoms with Crippen LogP contribution in [0.4, 0.5) is 11.5 Å². The Morgan fingerprint density at radius 2 is 1.97 bits per heavy atom. The van der Waals surface area contributed by atoms with E-state index in [0.717, 1.165) is 11.3 Å². The number of hydrogen-bond acceptors (Lipinski definition) is 7. The van der Waals surface area contributed by atoms with Gasteiger partial charge < -0.3 is 20.9 Å². The number of ether oxygens (including phenoxy) is 1. The fourth-order valence-electron chi connectivity index (χ4n) is 3.48. The summed E-state index contributed by atoms with van der Waals surface area (Å²) in [6.07, 6.45) is 3.28. The summed E-state index contributed by atoms with van der Waals surface area (Å²) in [7, 11) is 0. The molecule has 1 aromatic carbocycles. The summed E-state index contributed by atoms with van der Waals surface area (Å²) < 4.78 is 7.23. The average molecular weight is 436 g/mol. The number of aliphatic hydroxyl groups is 1. The Balaban J connectivity index is 1.50. The van der Waals surface area contributed by atoms with Crippen molar-refractivity contribution in [1.29, 1.82) is 0 Å². The number of rotatable bonds is 6. The first-order valence-electron chi connectivity index (χ1n) is 10.1. The lowest BCUT2D eigenvalue weighted by atomic mass is 9.94. The van der Waals surface area contributed by atoms with Gasteiger partial charge in [-0.05, 0) is 36.8 Å². The zero-order valence-corrected chi connectivity index (χ0v) is 17.5. The molecule has 10 heteroatoms. The largest absolute Gasteiger partial charge is 0.380 e. The van der Waals surface area contributed by atoms with Gasteiger partial charge in [-0.1, -0.05) is 12.1 Å². The molecular weight excluding hydrogens is 412 g/mol. The fraction of sp³-hybridized carbons (Fsp3) is 0.273. The van der Waals surface area contributed by atoms with E-state index in [1.807, 2.05) is 0 Å². The van der Waals surface area contributed by atoms with Gasteiger partial charge in [0.15, 0.2) is 17.5 Å². The highest BCUT2D eigenvalue weighted by Gasteiger charge is 2.51. The van der Waals surface area contributed by atoms with Crippen molar-refractivity contribution in [3.63, 3.8) is 0 Å². The van der Waals surface area contributed by atoms with Crippen LogP contribution in [-0.4, -0.2) is 56.5 Å². The predicted octanol–water partition coefficient (Wildman–Crippen LogP) is 0.847. The lowest BCUT2D eigenvalue weighted by molar-refractivity contribution is -0.170. The van der Waals surface area contributed by atoms with Gasteiger partial charge in [0.2, 0.25) is 0 Å². The molecule has 0 spiro atoms. The molecule has 10 nitrogen and oxygen atoms in total. The molecule has 1 fully saturated rings. The number of anilines is 2. The number of pyridine rings is 1. The molecule has 0 bridgehead atoms. The quantitative estimate of drug-likeness (QED) is 0.521. The molecule has 2 aromatic heterocycles. The maximum Gasteiger partial charge on any atom is 0.263 e. The van der Waals surface area contributed by atoms with Gasteiger partial charge in [-0.3, -0.25) is 19.5 Å². The van der Waals surface area contributed by atoms with Crippen molar-refractivity contribution in [2.45, 2.75) is 25.2 Å². The van der Waals surface area contributed by atoms with E-state index in [1.165, 1.54) is 11.8 Å². The Morgan fingerprint density at radius 1 is 1.25 bits per heavy atom. The van der Waals surface area contributed by atoms with Crippen LogP contribution >= 0.6 is 0 Å². The van der Waals surface area contributed by atoms with E-state index in [9.17, 15) is 14.7 Å². The maximum atomic E-state index is 13.3. The zero-order valence-electron chi connectivity index (χ0n) is 17.5. The van der Waals surface area contributed by atoms with Crippen molar-refractivity contribution in [2.75, 3.05) is 23.4 Å². The second-order valence-electron chi connectivity index (χ2n) is 7.53. The Morgan fingerprint density at radius 3 is 2.66 bits per heavy atom. The smallest absolute Gasteiger partial charge is 0.263 e. The summed E-state index contributed by atoms with van der Waals surface area (Å²) >= 11 is 0. The van der Waals surface area contributed by atoms with Gasteiger partial charge in [0.25, 0.3) is 11.8 Å². The van der Waals surface area contributed by atoms with Gasteiger partial charge >= 0.3 is 0 Å². The van der Waals surface area contributed by atoms with Crippen LogP contribution in [0.2, 0.25) is 0 Å². The van der Waals surface area contributed by atoms with Crippen LogP contribution in [0, 0.1) is 0 Å². The SMILES string of the molecule is CC1(C(O)C(=O)Nc2ccc(CN)cc2)OCCN(c2ccn(-c3ccncc3)n2)C1=O. The third-order valence-electron chi connectivity index (χ3n) is 5.39. The summed E-state index contributed by atoms with van der Waals surface area (Å²) in [6.45, 7) is 2.17. The first-order valence-corrected chi connectivity index (χ1v) is 10.1. The van der Waals surface area contributed by atoms with Gasteiger partial charge in [-0.25, -0.2) is 4.68 Å². The minimum Gasteiger partial charge on any atom is -0.380 e. The molecule has 1 saturated heterocycles. The maximum absolute atomic E-state index is 13.3. The summed E-state index contributed by atoms with van der Waals surface area (Å²) in [6, 6.07) is 12.2. The Labute approximate surface area is 184 Å². The van der Waals surface area contributed by atoms with Crippen molar-refractivity contribution in [2.24, 2.45) is 5.73 Å². The molecule has 4 rings (SSSR count). The molecule has 1 aliphatic heterocycles. The molecule has 166 valence electrons. The molecule has 0 aliphatic carbocycles. The normalized spacial score (nSPS) is 19.6. The Hall–Kier alpha value is -3.60. The molecule has 4 N–H and O–H groups in total. The second-order valence-corrected chi connectivity index (χ2v) is 7.53. The monoisotopic (exact) mass is 436 g/mol. The molecule has 1 aliphatic rings. The van der Waals surface area contributed by atoms with Gasteiger partial charge in [0.05, 0.1) is 18.8 Å². The topological polar surface area (TPSA) is 136 Å². The van der Waals surface area contributed by atoms with Crippen LogP contribution in [0.3, 0.4) is 0 Å². The first-order chi connectivity index (χ1) is 15.4. The highest BCUT2D eigenvalue weighted by molar-refractivity contribution is 6.05. The summed E-state index contributed by atoms with van der Waals surface area (Å²) in [4.78, 5) is 31.3. The van der Waals surface area contributed by atoms with E-state index in [0.29, 0.717) is 18.1 Å². The van der Waals surface area contributed by atoms with Gasteiger partial charge in [0.1, 0.15) is 0 Å². The van der Waals surface area contributed by atoms with E-state index in [-0.39, 0.29) is 13.2 Å². The summed E-state index contributed by atoms with van der Waals surface area (Å²) in [5, 5.41) is 17.8. The molecule has 0 saturated carbocycles. The molecule has 2 amide bonds. The van der Waals surface area contributed by atoms with Crippen LogP contribution in [0.25, 0.3) is 5.69 Å². The van der Waals surface area contributed by atoms with Gasteiger partial charge in [-0.2, -0.15) is 0 Å². The van der Waals surface area contributed by atoms with E-state index in [4.69, 9.17) is 10.5 Å². The number of carbonyl (C=O) groups is 2. The third-order valence-corrected chi connectivity index (χ3v) is 5.39. The number of nitrogens with one attached hydrogen (secondary N) is 1. The average Bonchev–Trinajstić information content (AvgIpc) is 3.31. The van der Waals surface area contributed by atoms with Crippen molar-refractivity contribution in [3.8, 4) is 5.69 Å². The van der Waals surface area contributed by atoms with Crippen molar-refractivity contribution < 1.29 is 19.4 Å². The molecule has 3 aromatic rings. The molecular formula is C22H24N6O4. The molecule has 3 heterocycles. The summed E-state index contributed by atoms with van der Waals surface area (Å²) in [5.41, 5.74) is 5.99. The highest BCUT2D eigenvalue weighted by Crippen LogP contribution is 2.28. The van der Waals surface area contributed by atoms with Crippen LogP contribution in [-0.2, 0) is 20.9 Å². The molecule has 0 radical (unpaired) electrons. The number of nitrogens with zero attached hydrogens (tertiary/aromatic N) is 4. The standard InChI is InChI=1S/C22H24N6O4/c1-22(19(29)20(30)25-16-4-2-15(14-23)3-5-16)21(31)27(12-13-32-22)18-8-11-28(26-18)17-6-9-24-10-7-17/h2-11,19,29H,12-14,23H2,1H3,(H,25,30). The van der Waals surface area contributed by atoms with Crippen LogP contribution < -0.4 is 16.0 Å². The van der Waals surface area contributed by atoms with E-state index in [1.54, 1.807) is 65.7 Å². The van der Waals surface area contributed by atoms with E-state index < -0.39 is 23.5 Å². The highest BCUT2D eigenvalue weighted by atomic mass is 16.5. The lowest BCUT2D eigenvalue weighted by Crippen LogP contribution is -2.63. The van der Waals surface area contributed by atoms with Crippen LogP contribution in [0.1, 0.15) is 12.5 Å². The van der Waals surface area contributed by atoms with E-state index >= 15 is 0 Å². The second kappa shape index (κ2) is 8.87. The number of hydrogen-bond donors (Lipinski definition) is 3. The lowest BCUT2D eigenvalue weighted by Gasteiger charge is -2.40. The molecule has 32 heavy (non-hydrogen) atoms. The number of amides is 2. The van der Waals surface area contributed by atoms with Crippen molar-refractivity contribution >= 4 is 23.3 Å². The number of morpholine rings is 1. The number of nitrogens with two attached hydrogens (primary N) is 1. The minimum atomic E-state index is -1.76. The third kappa shape index (κ3) is 4.11. The van der Waals surface area contributed by atoms with Gasteiger partial charge in [0, 0.05) is 36.9 Å². The number of aliphatic hydroxyl groups excluding tert-OH is 1. The number of aromatic nitrogens is 3. The number of carbonyl (C=O) groups excluding carboxylic acids is 2. The minimum absolute atomic E-state index is 0.139. The zero-order chi connectivity index (χ0) is 22.7. The Kier molecular flexibility index (Phi) is 5.99.